The van der Waals surface area contributed by atoms with Crippen molar-refractivity contribution in [2.24, 2.45) is 5.10 Å². The Morgan fingerprint density at radius 1 is 1.31 bits per heavy atom. The van der Waals surface area contributed by atoms with Crippen LogP contribution in [0.4, 0.5) is 5.00 Å². The van der Waals surface area contributed by atoms with Crippen LogP contribution < -0.4 is 10.7 Å². The van der Waals surface area contributed by atoms with Crippen LogP contribution in [0.25, 0.3) is 0 Å². The summed E-state index contributed by atoms with van der Waals surface area (Å²) in [6, 6.07) is 3.47. The number of carbonyl (C=O) groups excluding carboxylic acids is 3. The van der Waals surface area contributed by atoms with Crippen molar-refractivity contribution in [3.63, 3.8) is 0 Å². The molecule has 2 aromatic heterocycles. The standard InChI is InChI=1S/C17H16N4O4S/c1-25-17(24)13-11-5-2-6-12(11)26-16(13)20-14(22)15(23)21-19-9-10-4-3-7-18-8-10/h3-4,7-9H,2,5-6H2,1H3,(H,20,22)(H,21,23). The molecule has 0 spiro atoms. The molecule has 0 radical (unpaired) electrons. The van der Waals surface area contributed by atoms with Gasteiger partial charge < -0.3 is 10.1 Å². The Kier molecular flexibility index (Phi) is 5.37. The lowest BCUT2D eigenvalue weighted by molar-refractivity contribution is -0.136. The number of aryl methyl sites for hydroxylation is 1. The first-order chi connectivity index (χ1) is 12.6. The third-order valence-corrected chi connectivity index (χ3v) is 5.02. The fraction of sp³-hybridized carbons (Fsp3) is 0.235. The zero-order chi connectivity index (χ0) is 18.5. The van der Waals surface area contributed by atoms with E-state index in [-0.39, 0.29) is 0 Å². The Morgan fingerprint density at radius 2 is 2.15 bits per heavy atom. The molecule has 0 saturated carbocycles. The Morgan fingerprint density at radius 3 is 2.88 bits per heavy atom. The number of pyridine rings is 1. The van der Waals surface area contributed by atoms with Gasteiger partial charge in [-0.2, -0.15) is 5.10 Å². The van der Waals surface area contributed by atoms with E-state index < -0.39 is 17.8 Å². The highest BCUT2D eigenvalue weighted by atomic mass is 32.1. The van der Waals surface area contributed by atoms with E-state index in [1.165, 1.54) is 24.7 Å². The first kappa shape index (κ1) is 17.7. The van der Waals surface area contributed by atoms with E-state index in [0.717, 1.165) is 29.7 Å². The van der Waals surface area contributed by atoms with E-state index in [0.29, 0.717) is 16.1 Å². The molecule has 134 valence electrons. The van der Waals surface area contributed by atoms with E-state index in [2.05, 4.69) is 20.8 Å². The summed E-state index contributed by atoms with van der Waals surface area (Å²) in [5, 5.41) is 6.53. The maximum Gasteiger partial charge on any atom is 0.341 e. The second-order valence-electron chi connectivity index (χ2n) is 5.49. The number of ether oxygens (including phenoxy) is 1. The van der Waals surface area contributed by atoms with Crippen molar-refractivity contribution in [3.8, 4) is 0 Å². The summed E-state index contributed by atoms with van der Waals surface area (Å²) in [6.07, 6.45) is 7.11. The summed E-state index contributed by atoms with van der Waals surface area (Å²) >= 11 is 1.30. The minimum absolute atomic E-state index is 0.331. The summed E-state index contributed by atoms with van der Waals surface area (Å²) in [5.41, 5.74) is 4.05. The van der Waals surface area contributed by atoms with Crippen LogP contribution in [0.15, 0.2) is 29.6 Å². The summed E-state index contributed by atoms with van der Waals surface area (Å²) < 4.78 is 4.80. The van der Waals surface area contributed by atoms with Crippen LogP contribution in [-0.2, 0) is 27.2 Å². The van der Waals surface area contributed by atoms with Gasteiger partial charge >= 0.3 is 17.8 Å². The molecule has 9 heteroatoms. The quantitative estimate of drug-likeness (QED) is 0.366. The predicted octanol–water partition coefficient (Wildman–Crippen LogP) is 1.51. The number of hydrazone groups is 1. The van der Waals surface area contributed by atoms with Crippen molar-refractivity contribution >= 4 is 40.3 Å². The predicted molar refractivity (Wildman–Crippen MR) is 96.3 cm³/mol. The van der Waals surface area contributed by atoms with Crippen LogP contribution in [-0.4, -0.2) is 36.1 Å². The number of hydrogen-bond acceptors (Lipinski definition) is 7. The number of aromatic nitrogens is 1. The van der Waals surface area contributed by atoms with Crippen LogP contribution >= 0.6 is 11.3 Å². The van der Waals surface area contributed by atoms with Gasteiger partial charge in [-0.1, -0.05) is 6.07 Å². The lowest BCUT2D eigenvalue weighted by Gasteiger charge is -2.06. The summed E-state index contributed by atoms with van der Waals surface area (Å²) in [6.45, 7) is 0. The number of methoxy groups -OCH3 is 1. The SMILES string of the molecule is COC(=O)c1c(NC(=O)C(=O)NN=Cc2cccnc2)sc2c1CCC2. The Bertz CT molecular complexity index is 876. The molecule has 0 bridgehead atoms. The molecule has 2 amide bonds. The number of hydrogen-bond donors (Lipinski definition) is 2. The zero-order valence-corrected chi connectivity index (χ0v) is 14.8. The highest BCUT2D eigenvalue weighted by Crippen LogP contribution is 2.39. The fourth-order valence-electron chi connectivity index (χ4n) is 2.64. The molecule has 3 rings (SSSR count). The highest BCUT2D eigenvalue weighted by Gasteiger charge is 2.29. The fourth-order valence-corrected chi connectivity index (χ4v) is 3.91. The van der Waals surface area contributed by atoms with Gasteiger partial charge in [-0.05, 0) is 30.9 Å². The topological polar surface area (TPSA) is 110 Å². The van der Waals surface area contributed by atoms with Crippen LogP contribution in [0.5, 0.6) is 0 Å². The number of esters is 1. The molecule has 1 aliphatic rings. The number of carbonyl (C=O) groups is 3. The molecule has 0 saturated heterocycles. The van der Waals surface area contributed by atoms with E-state index in [4.69, 9.17) is 4.74 Å². The van der Waals surface area contributed by atoms with Gasteiger partial charge in [0.15, 0.2) is 0 Å². The van der Waals surface area contributed by atoms with Crippen molar-refractivity contribution in [2.75, 3.05) is 12.4 Å². The maximum absolute atomic E-state index is 12.1. The monoisotopic (exact) mass is 372 g/mol. The second kappa shape index (κ2) is 7.87. The third-order valence-electron chi connectivity index (χ3n) is 3.81. The number of rotatable bonds is 4. The van der Waals surface area contributed by atoms with Crippen LogP contribution in [0.3, 0.4) is 0 Å². The summed E-state index contributed by atoms with van der Waals surface area (Å²) in [7, 11) is 1.28. The minimum atomic E-state index is -0.936. The molecule has 2 heterocycles. The van der Waals surface area contributed by atoms with E-state index in [9.17, 15) is 14.4 Å². The van der Waals surface area contributed by atoms with E-state index in [1.54, 1.807) is 24.5 Å². The van der Waals surface area contributed by atoms with Gasteiger partial charge in [-0.25, -0.2) is 10.2 Å². The van der Waals surface area contributed by atoms with Crippen LogP contribution in [0, 0.1) is 0 Å². The Hall–Kier alpha value is -3.07. The highest BCUT2D eigenvalue weighted by molar-refractivity contribution is 7.17. The Balaban J connectivity index is 1.67. The molecule has 26 heavy (non-hydrogen) atoms. The molecule has 2 aromatic rings. The first-order valence-electron chi connectivity index (χ1n) is 7.87. The van der Waals surface area contributed by atoms with Crippen LogP contribution in [0.2, 0.25) is 0 Å². The van der Waals surface area contributed by atoms with Gasteiger partial charge in [0.1, 0.15) is 5.00 Å². The molecule has 2 N–H and O–H groups in total. The third kappa shape index (κ3) is 3.77. The largest absolute Gasteiger partial charge is 0.465 e. The maximum atomic E-state index is 12.1. The molecule has 1 aliphatic carbocycles. The number of fused-ring (bicyclic) bond motifs is 1. The number of amides is 2. The molecule has 0 atom stereocenters. The van der Waals surface area contributed by atoms with Crippen molar-refractivity contribution in [3.05, 3.63) is 46.1 Å². The number of nitrogens with one attached hydrogen (secondary N) is 2. The average molecular weight is 372 g/mol. The van der Waals surface area contributed by atoms with Gasteiger partial charge in [0.05, 0.1) is 18.9 Å². The molecule has 0 fully saturated rings. The molecule has 0 aromatic carbocycles. The van der Waals surface area contributed by atoms with Gasteiger partial charge in [0.25, 0.3) is 0 Å². The molecule has 8 nitrogen and oxygen atoms in total. The Labute approximate surface area is 153 Å². The van der Waals surface area contributed by atoms with Crippen molar-refractivity contribution in [1.82, 2.24) is 10.4 Å². The van der Waals surface area contributed by atoms with Gasteiger partial charge in [0, 0.05) is 22.8 Å². The normalized spacial score (nSPS) is 12.7. The van der Waals surface area contributed by atoms with E-state index in [1.807, 2.05) is 0 Å². The second-order valence-corrected chi connectivity index (χ2v) is 6.60. The average Bonchev–Trinajstić information content (AvgIpc) is 3.22. The lowest BCUT2D eigenvalue weighted by Crippen LogP contribution is -2.32. The smallest absolute Gasteiger partial charge is 0.341 e. The van der Waals surface area contributed by atoms with Crippen LogP contribution in [0.1, 0.15) is 32.8 Å². The first-order valence-corrected chi connectivity index (χ1v) is 8.69. The number of thiophene rings is 1. The molecular weight excluding hydrogens is 356 g/mol. The van der Waals surface area contributed by atoms with Gasteiger partial charge in [0.2, 0.25) is 0 Å². The number of anilines is 1. The zero-order valence-electron chi connectivity index (χ0n) is 13.9. The summed E-state index contributed by atoms with van der Waals surface area (Å²) in [5.74, 6) is -2.36. The molecular formula is C17H16N4O4S. The van der Waals surface area contributed by atoms with E-state index >= 15 is 0 Å². The lowest BCUT2D eigenvalue weighted by atomic mass is 10.1. The van der Waals surface area contributed by atoms with Gasteiger partial charge in [-0.3, -0.25) is 14.6 Å². The summed E-state index contributed by atoms with van der Waals surface area (Å²) in [4.78, 5) is 41.0. The van der Waals surface area contributed by atoms with Gasteiger partial charge in [-0.15, -0.1) is 11.3 Å². The molecule has 0 aliphatic heterocycles. The minimum Gasteiger partial charge on any atom is -0.465 e. The number of nitrogens with zero attached hydrogens (tertiary/aromatic N) is 2. The van der Waals surface area contributed by atoms with Crippen molar-refractivity contribution in [1.29, 1.82) is 0 Å². The van der Waals surface area contributed by atoms with Crippen molar-refractivity contribution < 1.29 is 19.1 Å². The molecule has 0 unspecified atom stereocenters. The van der Waals surface area contributed by atoms with Crippen molar-refractivity contribution in [2.45, 2.75) is 19.3 Å².